The summed E-state index contributed by atoms with van der Waals surface area (Å²) in [6.07, 6.45) is 0. The van der Waals surface area contributed by atoms with Crippen molar-refractivity contribution in [3.05, 3.63) is 6.07 Å². The van der Waals surface area contributed by atoms with Gasteiger partial charge in [0.25, 0.3) is 0 Å². The molecule has 0 spiro atoms. The molecule has 4 nitrogen and oxygen atoms in total. The number of methoxy groups -OCH3 is 2. The molecule has 0 radical (unpaired) electrons. The zero-order valence-corrected chi connectivity index (χ0v) is 8.79. The van der Waals surface area contributed by atoms with Gasteiger partial charge >= 0.3 is 82.5 Å². The van der Waals surface area contributed by atoms with E-state index in [4.69, 9.17) is 9.47 Å². The summed E-state index contributed by atoms with van der Waals surface area (Å²) in [6.45, 7) is 0. The van der Waals surface area contributed by atoms with Gasteiger partial charge in [0.1, 0.15) is 0 Å². The van der Waals surface area contributed by atoms with Gasteiger partial charge in [-0.15, -0.1) is 0 Å². The summed E-state index contributed by atoms with van der Waals surface area (Å²) in [5.74, 6) is 1.11. The van der Waals surface area contributed by atoms with Crippen molar-refractivity contribution in [3.8, 4) is 11.8 Å². The molecule has 54 valence electrons. The van der Waals surface area contributed by atoms with Crippen LogP contribution in [0.25, 0.3) is 0 Å². The normalized spacial score (nSPS) is 9.45. The molecule has 0 aromatic carbocycles. The molecule has 0 unspecified atom stereocenters. The zero-order valence-electron chi connectivity index (χ0n) is 6.79. The Hall–Kier alpha value is -0.320. The molecule has 0 aliphatic carbocycles. The van der Waals surface area contributed by atoms with Gasteiger partial charge in [0.05, 0.1) is 0 Å². The van der Waals surface area contributed by atoms with Crippen molar-refractivity contribution < 1.29 is 9.47 Å². The maximum atomic E-state index is 4.93. The number of aromatic nitrogens is 2. The summed E-state index contributed by atoms with van der Waals surface area (Å²) in [6, 6.07) is 1.65. The molecule has 0 N–H and O–H groups in total. The molecule has 0 bridgehead atoms. The molecule has 1 aromatic heterocycles. The number of nitrogens with zero attached hydrogens (tertiary/aromatic N) is 2. The Bertz CT molecular complexity index is 232. The Labute approximate surface area is 82.4 Å². The van der Waals surface area contributed by atoms with Crippen molar-refractivity contribution in [2.45, 2.75) is 0 Å². The summed E-state index contributed by atoms with van der Waals surface area (Å²) in [5, 5.41) is 0. The van der Waals surface area contributed by atoms with E-state index in [1.165, 1.54) is 0 Å². The van der Waals surface area contributed by atoms with E-state index in [9.17, 15) is 0 Å². The average Bonchev–Trinajstić information content (AvgIpc) is 2.03. The molecule has 1 rings (SSSR count). The van der Waals surface area contributed by atoms with Gasteiger partial charge in [-0.05, 0) is 0 Å². The van der Waals surface area contributed by atoms with Crippen LogP contribution in [-0.2, 0) is 0 Å². The average molecular weight is 162 g/mol. The first-order valence-electron chi connectivity index (χ1n) is 3.20. The molecule has 0 fully saturated rings. The van der Waals surface area contributed by atoms with Crippen LogP contribution in [0, 0.1) is 0 Å². The van der Waals surface area contributed by atoms with Gasteiger partial charge < -0.3 is 0 Å². The van der Waals surface area contributed by atoms with Gasteiger partial charge in [0.2, 0.25) is 0 Å². The summed E-state index contributed by atoms with van der Waals surface area (Å²) < 4.78 is 10.6. The molecular weight excluding hydrogens is 155 g/mol. The van der Waals surface area contributed by atoms with E-state index < -0.39 is 0 Å². The Morgan fingerprint density at radius 1 is 1.18 bits per heavy atom. The van der Waals surface area contributed by atoms with E-state index in [0.717, 1.165) is 31.0 Å². The van der Waals surface area contributed by atoms with E-state index in [2.05, 4.69) is 9.97 Å². The standard InChI is InChI=1S/C6H7N2O2.Na/c1-9-5-3-6(10-2)8-4-7-5;/h3H,1-2H3;. The molecule has 0 amide bonds. The van der Waals surface area contributed by atoms with Crippen LogP contribution in [-0.4, -0.2) is 52.1 Å². The topological polar surface area (TPSA) is 44.2 Å². The van der Waals surface area contributed by atoms with Gasteiger partial charge in [0.15, 0.2) is 0 Å². The fraction of sp³-hybridized carbons (Fsp3) is 0.333. The third kappa shape index (κ3) is 2.32. The Kier molecular flexibility index (Phi) is 3.11. The van der Waals surface area contributed by atoms with Crippen LogP contribution in [0.5, 0.6) is 11.8 Å². The Morgan fingerprint density at radius 3 is 2.00 bits per heavy atom. The number of rotatable bonds is 2. The van der Waals surface area contributed by atoms with Gasteiger partial charge in [-0.3, -0.25) is 0 Å². The molecule has 0 aliphatic heterocycles. The van der Waals surface area contributed by atoms with E-state index in [1.807, 2.05) is 0 Å². The molecular formula is C6H7N2NaO2. The second-order valence-electron chi connectivity index (χ2n) is 2.00. The van der Waals surface area contributed by atoms with Crippen molar-refractivity contribution in [2.24, 2.45) is 0 Å². The molecule has 0 saturated carbocycles. The fourth-order valence-corrected chi connectivity index (χ4v) is 1.16. The van der Waals surface area contributed by atoms with Crippen molar-refractivity contribution in [2.75, 3.05) is 14.2 Å². The van der Waals surface area contributed by atoms with Gasteiger partial charge in [-0.25, -0.2) is 0 Å². The van der Waals surface area contributed by atoms with Crippen LogP contribution in [0.2, 0.25) is 0 Å². The SMILES string of the molecule is COc1cc(OC)n[c]([Na])n1. The molecule has 0 saturated heterocycles. The minimum atomic E-state index is 0.557. The number of hydrogen-bond donors (Lipinski definition) is 0. The number of ether oxygens (including phenoxy) is 2. The quantitative estimate of drug-likeness (QED) is 0.539. The summed E-state index contributed by atoms with van der Waals surface area (Å²) in [4.78, 5) is 8.10. The van der Waals surface area contributed by atoms with Crippen LogP contribution in [0.15, 0.2) is 6.07 Å². The predicted octanol–water partition coefficient (Wildman–Crippen LogP) is -0.712. The van der Waals surface area contributed by atoms with Crippen molar-refractivity contribution in [1.29, 1.82) is 0 Å². The zero-order chi connectivity index (χ0) is 8.27. The van der Waals surface area contributed by atoms with Crippen LogP contribution in [0.1, 0.15) is 0 Å². The molecule has 1 heterocycles. The van der Waals surface area contributed by atoms with Gasteiger partial charge in [0, 0.05) is 0 Å². The summed E-state index contributed by atoms with van der Waals surface area (Å²) >= 11 is 0.798. The van der Waals surface area contributed by atoms with Crippen LogP contribution >= 0.6 is 0 Å². The second kappa shape index (κ2) is 3.90. The molecule has 1 aromatic rings. The first-order chi connectivity index (χ1) is 5.26. The van der Waals surface area contributed by atoms with Gasteiger partial charge in [-0.1, -0.05) is 0 Å². The molecule has 0 aliphatic rings. The summed E-state index contributed by atoms with van der Waals surface area (Å²) in [5.41, 5.74) is 0. The molecule has 0 atom stereocenters. The minimum absolute atomic E-state index is 0.557. The molecule has 11 heavy (non-hydrogen) atoms. The van der Waals surface area contributed by atoms with Crippen molar-refractivity contribution >= 4 is 31.0 Å². The first kappa shape index (κ1) is 8.77. The first-order valence-corrected chi connectivity index (χ1v) is 4.20. The molecule has 5 heteroatoms. The fourth-order valence-electron chi connectivity index (χ4n) is 0.723. The van der Waals surface area contributed by atoms with E-state index in [0.29, 0.717) is 11.8 Å². The predicted molar refractivity (Wildman–Crippen MR) is 40.5 cm³/mol. The van der Waals surface area contributed by atoms with E-state index in [-0.39, 0.29) is 0 Å². The van der Waals surface area contributed by atoms with Crippen molar-refractivity contribution in [3.63, 3.8) is 0 Å². The Morgan fingerprint density at radius 2 is 1.64 bits per heavy atom. The second-order valence-corrected chi connectivity index (χ2v) is 2.89. The number of hydrogen-bond acceptors (Lipinski definition) is 4. The van der Waals surface area contributed by atoms with Crippen LogP contribution in [0.3, 0.4) is 0 Å². The Balaban J connectivity index is 3.02. The van der Waals surface area contributed by atoms with E-state index in [1.54, 1.807) is 20.3 Å². The summed E-state index contributed by atoms with van der Waals surface area (Å²) in [7, 11) is 3.14. The van der Waals surface area contributed by atoms with Crippen LogP contribution in [0.4, 0.5) is 0 Å². The maximum absolute atomic E-state index is 4.93. The monoisotopic (exact) mass is 162 g/mol. The van der Waals surface area contributed by atoms with Crippen molar-refractivity contribution in [1.82, 2.24) is 9.97 Å². The third-order valence-electron chi connectivity index (χ3n) is 1.21. The third-order valence-corrected chi connectivity index (χ3v) is 1.66. The van der Waals surface area contributed by atoms with Gasteiger partial charge in [-0.2, -0.15) is 0 Å². The van der Waals surface area contributed by atoms with Crippen LogP contribution < -0.4 is 12.5 Å². The van der Waals surface area contributed by atoms with E-state index >= 15 is 0 Å².